The van der Waals surface area contributed by atoms with Gasteiger partial charge in [-0.2, -0.15) is 0 Å². The Hall–Kier alpha value is -2.73. The maximum Gasteiger partial charge on any atom is 0.191 e. The maximum absolute atomic E-state index is 5.68. The molecule has 0 radical (unpaired) electrons. The number of hydrogen-bond acceptors (Lipinski definition) is 4. The molecule has 0 saturated heterocycles. The first kappa shape index (κ1) is 21.6. The Morgan fingerprint density at radius 2 is 1.71 bits per heavy atom. The number of aliphatic imine (C=N–C) groups is 1. The highest BCUT2D eigenvalue weighted by atomic mass is 16.5. The van der Waals surface area contributed by atoms with Crippen LogP contribution in [-0.4, -0.2) is 33.3 Å². The quantitative estimate of drug-likeness (QED) is 0.511. The van der Waals surface area contributed by atoms with Crippen LogP contribution in [0.2, 0.25) is 0 Å². The van der Waals surface area contributed by atoms with Gasteiger partial charge >= 0.3 is 0 Å². The topological polar surface area (TPSA) is 64.1 Å². The van der Waals surface area contributed by atoms with Crippen LogP contribution in [0, 0.1) is 0 Å². The molecule has 0 atom stereocenters. The lowest BCUT2D eigenvalue weighted by atomic mass is 10.1. The van der Waals surface area contributed by atoms with Crippen molar-refractivity contribution in [2.75, 3.05) is 21.3 Å². The minimum atomic E-state index is 0.222. The number of nitrogens with zero attached hydrogens (tertiary/aromatic N) is 1. The molecule has 0 bridgehead atoms. The second kappa shape index (κ2) is 11.2. The van der Waals surface area contributed by atoms with Crippen molar-refractivity contribution in [3.63, 3.8) is 0 Å². The molecular formula is C22H31N3O3. The first-order valence-corrected chi connectivity index (χ1v) is 9.40. The number of hydrogen-bond donors (Lipinski definition) is 2. The van der Waals surface area contributed by atoms with Gasteiger partial charge in [-0.3, -0.25) is 4.99 Å². The highest BCUT2D eigenvalue weighted by Crippen LogP contribution is 2.24. The van der Waals surface area contributed by atoms with Crippen LogP contribution in [0.4, 0.5) is 0 Å². The monoisotopic (exact) mass is 385 g/mol. The number of nitrogens with one attached hydrogen (secondary N) is 2. The van der Waals surface area contributed by atoms with E-state index >= 15 is 0 Å². The van der Waals surface area contributed by atoms with E-state index in [1.165, 1.54) is 11.1 Å². The second-order valence-corrected chi connectivity index (χ2v) is 6.64. The van der Waals surface area contributed by atoms with Gasteiger partial charge in [-0.25, -0.2) is 0 Å². The van der Waals surface area contributed by atoms with Gasteiger partial charge in [0.2, 0.25) is 0 Å². The third-order valence-electron chi connectivity index (χ3n) is 4.20. The minimum absolute atomic E-state index is 0.222. The van der Waals surface area contributed by atoms with Crippen LogP contribution in [-0.2, 0) is 24.4 Å². The Morgan fingerprint density at radius 1 is 0.964 bits per heavy atom. The summed E-state index contributed by atoms with van der Waals surface area (Å²) in [5.41, 5.74) is 3.37. The van der Waals surface area contributed by atoms with Crippen molar-refractivity contribution in [3.8, 4) is 11.5 Å². The molecule has 0 amide bonds. The predicted octanol–water partition coefficient (Wildman–Crippen LogP) is 3.49. The molecule has 2 N–H and O–H groups in total. The second-order valence-electron chi connectivity index (χ2n) is 6.64. The van der Waals surface area contributed by atoms with E-state index in [0.717, 1.165) is 23.0 Å². The number of benzene rings is 2. The summed E-state index contributed by atoms with van der Waals surface area (Å²) in [7, 11) is 5.05. The molecule has 6 heteroatoms. The SMILES string of the molecule is CN=C(NCc1cccc(COC(C)C)c1)NCc1ccc(OC)cc1OC. The van der Waals surface area contributed by atoms with Crippen molar-refractivity contribution in [1.82, 2.24) is 10.6 Å². The van der Waals surface area contributed by atoms with Gasteiger partial charge < -0.3 is 24.8 Å². The van der Waals surface area contributed by atoms with Gasteiger partial charge in [0.15, 0.2) is 5.96 Å². The van der Waals surface area contributed by atoms with Crippen molar-refractivity contribution in [2.24, 2.45) is 4.99 Å². The molecule has 0 heterocycles. The molecule has 6 nitrogen and oxygen atoms in total. The molecule has 0 unspecified atom stereocenters. The lowest BCUT2D eigenvalue weighted by Crippen LogP contribution is -2.36. The van der Waals surface area contributed by atoms with Gasteiger partial charge in [-0.1, -0.05) is 24.3 Å². The Labute approximate surface area is 167 Å². The van der Waals surface area contributed by atoms with Crippen LogP contribution in [0.3, 0.4) is 0 Å². The molecule has 2 rings (SSSR count). The first-order valence-electron chi connectivity index (χ1n) is 9.40. The van der Waals surface area contributed by atoms with Gasteiger partial charge in [-0.05, 0) is 37.1 Å². The largest absolute Gasteiger partial charge is 0.497 e. The van der Waals surface area contributed by atoms with Gasteiger partial charge in [0, 0.05) is 31.8 Å². The number of rotatable bonds is 9. The van der Waals surface area contributed by atoms with Crippen LogP contribution in [0.25, 0.3) is 0 Å². The summed E-state index contributed by atoms with van der Waals surface area (Å²) in [5, 5.41) is 6.66. The van der Waals surface area contributed by atoms with Gasteiger partial charge in [0.05, 0.1) is 26.9 Å². The van der Waals surface area contributed by atoms with Gasteiger partial charge in [-0.15, -0.1) is 0 Å². The van der Waals surface area contributed by atoms with Crippen LogP contribution < -0.4 is 20.1 Å². The Kier molecular flexibility index (Phi) is 8.62. The fraction of sp³-hybridized carbons (Fsp3) is 0.409. The molecule has 0 fully saturated rings. The number of guanidine groups is 1. The van der Waals surface area contributed by atoms with E-state index in [-0.39, 0.29) is 6.10 Å². The number of ether oxygens (including phenoxy) is 3. The van der Waals surface area contributed by atoms with Gasteiger partial charge in [0.1, 0.15) is 11.5 Å². The average Bonchev–Trinajstić information content (AvgIpc) is 2.72. The molecule has 28 heavy (non-hydrogen) atoms. The third-order valence-corrected chi connectivity index (χ3v) is 4.20. The summed E-state index contributed by atoms with van der Waals surface area (Å²) in [6.07, 6.45) is 0.222. The zero-order chi connectivity index (χ0) is 20.4. The van der Waals surface area contributed by atoms with Crippen molar-refractivity contribution in [1.29, 1.82) is 0 Å². The van der Waals surface area contributed by atoms with Crippen LogP contribution in [0.1, 0.15) is 30.5 Å². The molecule has 0 aliphatic heterocycles. The number of methoxy groups -OCH3 is 2. The van der Waals surface area contributed by atoms with E-state index in [9.17, 15) is 0 Å². The highest BCUT2D eigenvalue weighted by molar-refractivity contribution is 5.79. The molecule has 0 aliphatic carbocycles. The summed E-state index contributed by atoms with van der Waals surface area (Å²) in [5.74, 6) is 2.27. The lowest BCUT2D eigenvalue weighted by Gasteiger charge is -2.15. The van der Waals surface area contributed by atoms with Crippen molar-refractivity contribution < 1.29 is 14.2 Å². The maximum atomic E-state index is 5.68. The van der Waals surface area contributed by atoms with Crippen LogP contribution in [0.5, 0.6) is 11.5 Å². The molecule has 2 aromatic rings. The van der Waals surface area contributed by atoms with E-state index in [1.807, 2.05) is 32.0 Å². The summed E-state index contributed by atoms with van der Waals surface area (Å²) in [6.45, 7) is 5.97. The molecule has 152 valence electrons. The molecular weight excluding hydrogens is 354 g/mol. The third kappa shape index (κ3) is 6.78. The van der Waals surface area contributed by atoms with Crippen LogP contribution in [0.15, 0.2) is 47.5 Å². The molecule has 0 saturated carbocycles. The molecule has 0 aliphatic rings. The predicted molar refractivity (Wildman–Crippen MR) is 113 cm³/mol. The normalized spacial score (nSPS) is 11.4. The fourth-order valence-corrected chi connectivity index (χ4v) is 2.68. The molecule has 0 spiro atoms. The zero-order valence-electron chi connectivity index (χ0n) is 17.4. The Morgan fingerprint density at radius 3 is 2.39 bits per heavy atom. The van der Waals surface area contributed by atoms with Crippen LogP contribution >= 0.6 is 0 Å². The summed E-state index contributed by atoms with van der Waals surface area (Å²) in [6, 6.07) is 14.1. The molecule has 2 aromatic carbocycles. The van der Waals surface area contributed by atoms with E-state index in [4.69, 9.17) is 14.2 Å². The summed E-state index contributed by atoms with van der Waals surface area (Å²) >= 11 is 0. The Bertz CT molecular complexity index is 775. The smallest absolute Gasteiger partial charge is 0.191 e. The van der Waals surface area contributed by atoms with Crippen molar-refractivity contribution in [3.05, 3.63) is 59.2 Å². The Balaban J connectivity index is 1.91. The minimum Gasteiger partial charge on any atom is -0.497 e. The first-order chi connectivity index (χ1) is 13.5. The van der Waals surface area contributed by atoms with E-state index in [2.05, 4.69) is 39.9 Å². The van der Waals surface area contributed by atoms with Crippen molar-refractivity contribution in [2.45, 2.75) is 39.6 Å². The average molecular weight is 386 g/mol. The lowest BCUT2D eigenvalue weighted by molar-refractivity contribution is 0.0657. The van der Waals surface area contributed by atoms with Crippen molar-refractivity contribution >= 4 is 5.96 Å². The summed E-state index contributed by atoms with van der Waals surface area (Å²) in [4.78, 5) is 4.29. The van der Waals surface area contributed by atoms with Gasteiger partial charge in [0.25, 0.3) is 0 Å². The highest BCUT2D eigenvalue weighted by Gasteiger charge is 2.06. The van der Waals surface area contributed by atoms with E-state index in [1.54, 1.807) is 21.3 Å². The zero-order valence-corrected chi connectivity index (χ0v) is 17.4. The standard InChI is InChI=1S/C22H31N3O3/c1-16(2)28-15-18-8-6-7-17(11-18)13-24-22(23-3)25-14-19-9-10-20(26-4)12-21(19)27-5/h6-12,16H,13-15H2,1-5H3,(H2,23,24,25). The summed E-state index contributed by atoms with van der Waals surface area (Å²) < 4.78 is 16.4. The molecule has 0 aromatic heterocycles. The fourth-order valence-electron chi connectivity index (χ4n) is 2.68. The van der Waals surface area contributed by atoms with E-state index in [0.29, 0.717) is 19.7 Å². The van der Waals surface area contributed by atoms with E-state index < -0.39 is 0 Å².